The number of ether oxygens (including phenoxy) is 6. The van der Waals surface area contributed by atoms with E-state index < -0.39 is 0 Å². The standard InChI is InChI=1S/C14H28O.C11H22O.C10H20O.C8H16O.C6H12O.C2H4O/c1-9(2)13(10(3)4)14(15-13,11(5)6)12(7)8;1-7(2)10-11(12-10,8(3)4)9(5)6;1-9(2,3)7-8(11-7)10(4,5)6;1-6(2)8(5-9-8)7(3)4;1-6(2,3)5-4-7-5;1-2-3-1/h9-12H,1-8H3;7-10H,1-6H3;7-8H,1-6H3;6-7H,5H2,1-4H3;5H,4H2,1-3H3;1-2H2. The van der Waals surface area contributed by atoms with Crippen molar-refractivity contribution in [1.82, 2.24) is 0 Å². The van der Waals surface area contributed by atoms with Gasteiger partial charge in [-0.1, -0.05) is 187 Å². The van der Waals surface area contributed by atoms with Gasteiger partial charge in [0.05, 0.1) is 62.0 Å². The van der Waals surface area contributed by atoms with Gasteiger partial charge in [-0.2, -0.15) is 0 Å². The summed E-state index contributed by atoms with van der Waals surface area (Å²) in [6.07, 6.45) is 2.00. The van der Waals surface area contributed by atoms with Crippen LogP contribution in [-0.2, 0) is 28.4 Å². The smallest absolute Gasteiger partial charge is 0.103 e. The minimum absolute atomic E-state index is 0.106. The van der Waals surface area contributed by atoms with Crippen molar-refractivity contribution in [2.45, 2.75) is 234 Å². The van der Waals surface area contributed by atoms with E-state index in [0.717, 1.165) is 26.4 Å². The maximum Gasteiger partial charge on any atom is 0.103 e. The van der Waals surface area contributed by atoms with Gasteiger partial charge in [0, 0.05) is 0 Å². The summed E-state index contributed by atoms with van der Waals surface area (Å²) >= 11 is 0. The first-order valence-electron chi connectivity index (χ1n) is 23.4. The molecule has 57 heavy (non-hydrogen) atoms. The van der Waals surface area contributed by atoms with E-state index in [1.165, 1.54) is 0 Å². The molecule has 342 valence electrons. The second-order valence-electron chi connectivity index (χ2n) is 24.3. The minimum Gasteiger partial charge on any atom is -0.377 e. The highest BCUT2D eigenvalue weighted by Crippen LogP contribution is 2.64. The van der Waals surface area contributed by atoms with E-state index in [9.17, 15) is 0 Å². The fourth-order valence-corrected chi connectivity index (χ4v) is 9.70. The second kappa shape index (κ2) is 20.3. The lowest BCUT2D eigenvalue weighted by Crippen LogP contribution is -2.42. The average molecular weight is 811 g/mol. The van der Waals surface area contributed by atoms with Crippen molar-refractivity contribution in [3.8, 4) is 0 Å². The Labute approximate surface area is 357 Å². The molecule has 6 saturated heterocycles. The summed E-state index contributed by atoms with van der Waals surface area (Å²) in [5.74, 6) is 5.70. The largest absolute Gasteiger partial charge is 0.377 e. The Kier molecular flexibility index (Phi) is 19.5. The molecule has 0 aromatic carbocycles. The lowest BCUT2D eigenvalue weighted by Gasteiger charge is -2.31. The summed E-state index contributed by atoms with van der Waals surface area (Å²) in [7, 11) is 0. The predicted octanol–water partition coefficient (Wildman–Crippen LogP) is 13.6. The highest BCUT2D eigenvalue weighted by atomic mass is 16.6. The number of rotatable bonds is 9. The van der Waals surface area contributed by atoms with E-state index in [4.69, 9.17) is 23.7 Å². The van der Waals surface area contributed by atoms with Crippen molar-refractivity contribution in [3.05, 3.63) is 0 Å². The van der Waals surface area contributed by atoms with Gasteiger partial charge >= 0.3 is 0 Å². The molecule has 4 unspecified atom stereocenters. The summed E-state index contributed by atoms with van der Waals surface area (Å²) in [6, 6.07) is 0. The van der Waals surface area contributed by atoms with Crippen molar-refractivity contribution in [1.29, 1.82) is 0 Å². The molecule has 6 heteroatoms. The Bertz CT molecular complexity index is 1070. The summed E-state index contributed by atoms with van der Waals surface area (Å²) < 4.78 is 32.9. The second-order valence-corrected chi connectivity index (χ2v) is 24.3. The van der Waals surface area contributed by atoms with Crippen LogP contribution in [0.15, 0.2) is 0 Å². The van der Waals surface area contributed by atoms with Crippen molar-refractivity contribution >= 4 is 0 Å². The summed E-state index contributed by atoms with van der Waals surface area (Å²) in [4.78, 5) is 0. The van der Waals surface area contributed by atoms with Gasteiger partial charge in [-0.15, -0.1) is 0 Å². The molecule has 6 aliphatic rings. The van der Waals surface area contributed by atoms with Gasteiger partial charge < -0.3 is 28.4 Å². The number of hydrogen-bond acceptors (Lipinski definition) is 6. The summed E-state index contributed by atoms with van der Waals surface area (Å²) in [6.45, 7) is 64.8. The third kappa shape index (κ3) is 14.1. The zero-order valence-electron chi connectivity index (χ0n) is 43.3. The highest BCUT2D eigenvalue weighted by molar-refractivity contribution is 5.21. The topological polar surface area (TPSA) is 75.2 Å². The normalized spacial score (nSPS) is 26.7. The summed E-state index contributed by atoms with van der Waals surface area (Å²) in [5, 5.41) is 0. The van der Waals surface area contributed by atoms with Gasteiger partial charge in [0.1, 0.15) is 11.2 Å². The molecular weight excluding hydrogens is 709 g/mol. The highest BCUT2D eigenvalue weighted by Gasteiger charge is 2.74. The molecule has 0 bridgehead atoms. The maximum absolute atomic E-state index is 6.34. The molecule has 6 nitrogen and oxygen atoms in total. The van der Waals surface area contributed by atoms with Crippen LogP contribution in [0.3, 0.4) is 0 Å². The van der Waals surface area contributed by atoms with Crippen LogP contribution in [0.4, 0.5) is 0 Å². The van der Waals surface area contributed by atoms with Crippen LogP contribution in [0.25, 0.3) is 0 Å². The molecule has 0 amide bonds. The van der Waals surface area contributed by atoms with Crippen molar-refractivity contribution in [2.24, 2.45) is 69.5 Å². The molecule has 0 aromatic heterocycles. The van der Waals surface area contributed by atoms with Gasteiger partial charge in [-0.05, 0) is 69.5 Å². The van der Waals surface area contributed by atoms with Crippen LogP contribution in [0, 0.1) is 69.5 Å². The molecule has 4 atom stereocenters. The van der Waals surface area contributed by atoms with E-state index in [2.05, 4.69) is 192 Å². The molecule has 0 spiro atoms. The van der Waals surface area contributed by atoms with Gasteiger partial charge in [0.25, 0.3) is 0 Å². The molecule has 0 N–H and O–H groups in total. The first-order valence-corrected chi connectivity index (χ1v) is 23.4. The zero-order chi connectivity index (χ0) is 45.1. The Morgan fingerprint density at radius 2 is 0.789 bits per heavy atom. The van der Waals surface area contributed by atoms with Crippen LogP contribution >= 0.6 is 0 Å². The molecule has 0 saturated carbocycles. The monoisotopic (exact) mass is 811 g/mol. The van der Waals surface area contributed by atoms with Crippen molar-refractivity contribution in [3.63, 3.8) is 0 Å². The molecule has 6 aliphatic heterocycles. The molecule has 6 fully saturated rings. The number of epoxide rings is 6. The van der Waals surface area contributed by atoms with Crippen LogP contribution in [0.1, 0.15) is 187 Å². The molecular formula is C51H102O6. The van der Waals surface area contributed by atoms with Crippen LogP contribution in [0.2, 0.25) is 0 Å². The van der Waals surface area contributed by atoms with Gasteiger partial charge in [-0.3, -0.25) is 0 Å². The Morgan fingerprint density at radius 1 is 0.474 bits per heavy atom. The fourth-order valence-electron chi connectivity index (χ4n) is 9.70. The van der Waals surface area contributed by atoms with E-state index in [1.807, 2.05) is 0 Å². The van der Waals surface area contributed by atoms with Gasteiger partial charge in [0.15, 0.2) is 0 Å². The van der Waals surface area contributed by atoms with Gasteiger partial charge in [0.2, 0.25) is 0 Å². The Balaban J connectivity index is 0.000000355. The molecule has 0 radical (unpaired) electrons. The van der Waals surface area contributed by atoms with Crippen molar-refractivity contribution < 1.29 is 28.4 Å². The SMILES string of the molecule is C1CO1.CC(C)(C)C1CO1.CC(C)(C)C1OC1C(C)(C)C.CC(C)C1(C(C)C)CO1.CC(C)C1(C(C)C)OC1(C(C)C)C(C)C.CC(C)C1OC1(C(C)C)C(C)C. The van der Waals surface area contributed by atoms with Crippen molar-refractivity contribution in [2.75, 3.05) is 26.4 Å². The van der Waals surface area contributed by atoms with Crippen LogP contribution < -0.4 is 0 Å². The molecule has 6 rings (SSSR count). The van der Waals surface area contributed by atoms with Gasteiger partial charge in [-0.25, -0.2) is 0 Å². The van der Waals surface area contributed by atoms with E-state index in [0.29, 0.717) is 93.9 Å². The predicted molar refractivity (Wildman–Crippen MR) is 244 cm³/mol. The molecule has 0 aliphatic carbocycles. The quantitative estimate of drug-likeness (QED) is 0.216. The number of hydrogen-bond donors (Lipinski definition) is 0. The first-order chi connectivity index (χ1) is 25.6. The Hall–Kier alpha value is -0.240. The van der Waals surface area contributed by atoms with Crippen LogP contribution in [0.5, 0.6) is 0 Å². The van der Waals surface area contributed by atoms with E-state index in [-0.39, 0.29) is 22.4 Å². The van der Waals surface area contributed by atoms with E-state index in [1.54, 1.807) is 0 Å². The lowest BCUT2D eigenvalue weighted by molar-refractivity contribution is 0.161. The lowest BCUT2D eigenvalue weighted by atomic mass is 9.67. The first kappa shape index (κ1) is 54.8. The maximum atomic E-state index is 6.34. The van der Waals surface area contributed by atoms with E-state index >= 15 is 0 Å². The fraction of sp³-hybridized carbons (Fsp3) is 1.00. The third-order valence-electron chi connectivity index (χ3n) is 13.6. The van der Waals surface area contributed by atoms with Crippen LogP contribution in [-0.4, -0.2) is 73.2 Å². The molecule has 0 aromatic rings. The molecule has 6 heterocycles. The average Bonchev–Trinajstić information content (AvgIpc) is 3.87. The Morgan fingerprint density at radius 3 is 0.842 bits per heavy atom. The third-order valence-corrected chi connectivity index (χ3v) is 13.6. The minimum atomic E-state index is 0.106. The summed E-state index contributed by atoms with van der Waals surface area (Å²) in [5.41, 5.74) is 1.68. The zero-order valence-corrected chi connectivity index (χ0v) is 43.3.